The second-order valence-corrected chi connectivity index (χ2v) is 4.60. The Bertz CT molecular complexity index is 624. The highest BCUT2D eigenvalue weighted by Gasteiger charge is 2.13. The fourth-order valence-corrected chi connectivity index (χ4v) is 1.80. The Morgan fingerprint density at radius 1 is 0.952 bits per heavy atom. The lowest BCUT2D eigenvalue weighted by Gasteiger charge is -2.11. The lowest BCUT2D eigenvalue weighted by molar-refractivity contribution is -0.138. The van der Waals surface area contributed by atoms with Gasteiger partial charge < -0.3 is 15.7 Å². The van der Waals surface area contributed by atoms with Crippen molar-refractivity contribution in [3.8, 4) is 11.1 Å². The molecule has 2 amide bonds. The van der Waals surface area contributed by atoms with E-state index in [2.05, 4.69) is 10.6 Å². The largest absolute Gasteiger partial charge is 0.480 e. The van der Waals surface area contributed by atoms with E-state index in [1.807, 2.05) is 42.5 Å². The first kappa shape index (κ1) is 14.6. The summed E-state index contributed by atoms with van der Waals surface area (Å²) in [6, 6.07) is 15.7. The normalized spacial score (nSPS) is 11.5. The number of carboxylic acids is 1. The number of aliphatic carboxylic acids is 1. The fraction of sp³-hybridized carbons (Fsp3) is 0.125. The third-order valence-corrected chi connectivity index (χ3v) is 2.97. The van der Waals surface area contributed by atoms with Gasteiger partial charge in [0.1, 0.15) is 6.04 Å². The van der Waals surface area contributed by atoms with Crippen molar-refractivity contribution >= 4 is 17.7 Å². The van der Waals surface area contributed by atoms with Crippen molar-refractivity contribution in [2.75, 3.05) is 5.32 Å². The minimum absolute atomic E-state index is 0.544. The molecule has 1 atom stereocenters. The smallest absolute Gasteiger partial charge is 0.325 e. The molecule has 0 aliphatic rings. The second-order valence-electron chi connectivity index (χ2n) is 4.60. The molecule has 0 bridgehead atoms. The van der Waals surface area contributed by atoms with E-state index in [9.17, 15) is 9.59 Å². The number of rotatable bonds is 4. The first-order chi connectivity index (χ1) is 10.1. The number of urea groups is 1. The highest BCUT2D eigenvalue weighted by Crippen LogP contribution is 2.20. The number of hydrogen-bond acceptors (Lipinski definition) is 2. The minimum atomic E-state index is -1.08. The predicted octanol–water partition coefficient (Wildman–Crippen LogP) is 2.95. The lowest BCUT2D eigenvalue weighted by Crippen LogP contribution is -2.40. The molecular formula is C16H16N2O3. The Morgan fingerprint density at radius 2 is 1.52 bits per heavy atom. The van der Waals surface area contributed by atoms with E-state index in [1.54, 1.807) is 12.1 Å². The van der Waals surface area contributed by atoms with Gasteiger partial charge in [0.25, 0.3) is 0 Å². The summed E-state index contributed by atoms with van der Waals surface area (Å²) in [7, 11) is 0. The fourth-order valence-electron chi connectivity index (χ4n) is 1.80. The molecule has 21 heavy (non-hydrogen) atoms. The number of anilines is 1. The van der Waals surface area contributed by atoms with Gasteiger partial charge in [-0.1, -0.05) is 42.5 Å². The van der Waals surface area contributed by atoms with Crippen molar-refractivity contribution in [2.45, 2.75) is 13.0 Å². The first-order valence-electron chi connectivity index (χ1n) is 6.52. The van der Waals surface area contributed by atoms with Gasteiger partial charge in [0.15, 0.2) is 0 Å². The van der Waals surface area contributed by atoms with E-state index >= 15 is 0 Å². The van der Waals surface area contributed by atoms with Gasteiger partial charge in [-0.15, -0.1) is 0 Å². The Labute approximate surface area is 122 Å². The van der Waals surface area contributed by atoms with Crippen molar-refractivity contribution in [1.29, 1.82) is 0 Å². The van der Waals surface area contributed by atoms with Crippen LogP contribution < -0.4 is 10.6 Å². The van der Waals surface area contributed by atoms with Crippen LogP contribution >= 0.6 is 0 Å². The number of nitrogens with one attached hydrogen (secondary N) is 2. The molecule has 0 spiro atoms. The van der Waals surface area contributed by atoms with Crippen molar-refractivity contribution in [3.63, 3.8) is 0 Å². The summed E-state index contributed by atoms with van der Waals surface area (Å²) in [5.41, 5.74) is 2.73. The average molecular weight is 284 g/mol. The minimum Gasteiger partial charge on any atom is -0.480 e. The Hall–Kier alpha value is -2.82. The zero-order valence-corrected chi connectivity index (χ0v) is 11.5. The van der Waals surface area contributed by atoms with Gasteiger partial charge >= 0.3 is 12.0 Å². The molecule has 0 fully saturated rings. The first-order valence-corrected chi connectivity index (χ1v) is 6.52. The van der Waals surface area contributed by atoms with Crippen LogP contribution in [0.3, 0.4) is 0 Å². The zero-order valence-electron chi connectivity index (χ0n) is 11.5. The monoisotopic (exact) mass is 284 g/mol. The Morgan fingerprint density at radius 3 is 2.10 bits per heavy atom. The van der Waals surface area contributed by atoms with Gasteiger partial charge in [0.2, 0.25) is 0 Å². The summed E-state index contributed by atoms with van der Waals surface area (Å²) >= 11 is 0. The SMILES string of the molecule is CC(NC(=O)Nc1ccc(-c2ccccc2)cc1)C(=O)O. The second kappa shape index (κ2) is 6.56. The molecule has 2 rings (SSSR count). The third kappa shape index (κ3) is 4.07. The predicted molar refractivity (Wildman–Crippen MR) is 81.1 cm³/mol. The van der Waals surface area contributed by atoms with Crippen LogP contribution in [0.5, 0.6) is 0 Å². The Balaban J connectivity index is 2.00. The molecule has 2 aromatic carbocycles. The molecule has 5 heteroatoms. The van der Waals surface area contributed by atoms with E-state index in [-0.39, 0.29) is 0 Å². The van der Waals surface area contributed by atoms with Crippen LogP contribution in [0, 0.1) is 0 Å². The van der Waals surface area contributed by atoms with E-state index in [1.165, 1.54) is 6.92 Å². The summed E-state index contributed by atoms with van der Waals surface area (Å²) in [5, 5.41) is 13.6. The van der Waals surface area contributed by atoms with Gasteiger partial charge in [0, 0.05) is 5.69 Å². The number of benzene rings is 2. The summed E-state index contributed by atoms with van der Waals surface area (Å²) in [6.07, 6.45) is 0. The molecule has 3 N–H and O–H groups in total. The standard InChI is InChI=1S/C16H16N2O3/c1-11(15(19)20)17-16(21)18-14-9-7-13(8-10-14)12-5-3-2-4-6-12/h2-11H,1H3,(H,19,20)(H2,17,18,21). The van der Waals surface area contributed by atoms with Crippen LogP contribution in [-0.4, -0.2) is 23.1 Å². The molecule has 5 nitrogen and oxygen atoms in total. The molecule has 108 valence electrons. The number of carboxylic acid groups (broad SMARTS) is 1. The number of hydrogen-bond donors (Lipinski definition) is 3. The van der Waals surface area contributed by atoms with Gasteiger partial charge in [-0.05, 0) is 30.2 Å². The summed E-state index contributed by atoms with van der Waals surface area (Å²) in [4.78, 5) is 22.2. The van der Waals surface area contributed by atoms with Crippen LogP contribution in [-0.2, 0) is 4.79 Å². The molecule has 0 radical (unpaired) electrons. The molecule has 0 heterocycles. The van der Waals surface area contributed by atoms with Crippen molar-refractivity contribution in [2.24, 2.45) is 0 Å². The third-order valence-electron chi connectivity index (χ3n) is 2.97. The van der Waals surface area contributed by atoms with Crippen LogP contribution in [0.15, 0.2) is 54.6 Å². The van der Waals surface area contributed by atoms with E-state index in [0.717, 1.165) is 11.1 Å². The molecular weight excluding hydrogens is 268 g/mol. The van der Waals surface area contributed by atoms with Gasteiger partial charge in [-0.3, -0.25) is 4.79 Å². The van der Waals surface area contributed by atoms with Crippen LogP contribution in [0.25, 0.3) is 11.1 Å². The van der Waals surface area contributed by atoms with Gasteiger partial charge in [0.05, 0.1) is 0 Å². The number of carbonyl (C=O) groups is 2. The topological polar surface area (TPSA) is 78.4 Å². The average Bonchev–Trinajstić information content (AvgIpc) is 2.48. The number of carbonyl (C=O) groups excluding carboxylic acids is 1. The van der Waals surface area contributed by atoms with Crippen LogP contribution in [0.1, 0.15) is 6.92 Å². The maximum atomic E-state index is 11.6. The molecule has 1 unspecified atom stereocenters. The lowest BCUT2D eigenvalue weighted by atomic mass is 10.1. The molecule has 0 aromatic heterocycles. The maximum absolute atomic E-state index is 11.6. The maximum Gasteiger partial charge on any atom is 0.325 e. The summed E-state index contributed by atoms with van der Waals surface area (Å²) < 4.78 is 0. The number of amides is 2. The van der Waals surface area contributed by atoms with Gasteiger partial charge in [-0.2, -0.15) is 0 Å². The summed E-state index contributed by atoms with van der Waals surface area (Å²) in [6.45, 7) is 1.40. The van der Waals surface area contributed by atoms with Crippen molar-refractivity contribution in [3.05, 3.63) is 54.6 Å². The highest BCUT2D eigenvalue weighted by molar-refractivity contribution is 5.92. The quantitative estimate of drug-likeness (QED) is 0.807. The van der Waals surface area contributed by atoms with Crippen molar-refractivity contribution < 1.29 is 14.7 Å². The van der Waals surface area contributed by atoms with Crippen LogP contribution in [0.4, 0.5) is 10.5 Å². The van der Waals surface area contributed by atoms with Crippen molar-refractivity contribution in [1.82, 2.24) is 5.32 Å². The molecule has 0 saturated carbocycles. The van der Waals surface area contributed by atoms with Crippen LogP contribution in [0.2, 0.25) is 0 Å². The molecule has 2 aromatic rings. The van der Waals surface area contributed by atoms with E-state index < -0.39 is 18.0 Å². The van der Waals surface area contributed by atoms with Gasteiger partial charge in [-0.25, -0.2) is 4.79 Å². The van der Waals surface area contributed by atoms with E-state index in [0.29, 0.717) is 5.69 Å². The zero-order chi connectivity index (χ0) is 15.2. The highest BCUT2D eigenvalue weighted by atomic mass is 16.4. The molecule has 0 aliphatic heterocycles. The Kier molecular flexibility index (Phi) is 4.56. The summed E-state index contributed by atoms with van der Waals surface area (Å²) in [5.74, 6) is -1.08. The van der Waals surface area contributed by atoms with E-state index in [4.69, 9.17) is 5.11 Å². The molecule has 0 saturated heterocycles. The molecule has 0 aliphatic carbocycles.